The van der Waals surface area contributed by atoms with Crippen molar-refractivity contribution in [1.29, 1.82) is 0 Å². The molecule has 0 saturated heterocycles. The first-order valence-electron chi connectivity index (χ1n) is 7.56. The van der Waals surface area contributed by atoms with E-state index >= 15 is 0 Å². The summed E-state index contributed by atoms with van der Waals surface area (Å²) in [6, 6.07) is 13.0. The van der Waals surface area contributed by atoms with Crippen LogP contribution in [0.3, 0.4) is 0 Å². The SMILES string of the molecule is CCN(CC)C(CNc1cc(C)cnn1)c1ccccc1. The summed E-state index contributed by atoms with van der Waals surface area (Å²) in [4.78, 5) is 2.45. The molecule has 1 aromatic heterocycles. The van der Waals surface area contributed by atoms with Crippen molar-refractivity contribution in [3.05, 3.63) is 53.7 Å². The molecule has 4 nitrogen and oxygen atoms in total. The Balaban J connectivity index is 2.13. The van der Waals surface area contributed by atoms with Crippen LogP contribution in [0, 0.1) is 6.92 Å². The third-order valence-corrected chi connectivity index (χ3v) is 3.71. The lowest BCUT2D eigenvalue weighted by molar-refractivity contribution is 0.228. The highest BCUT2D eigenvalue weighted by Gasteiger charge is 2.17. The van der Waals surface area contributed by atoms with Crippen LogP contribution in [0.15, 0.2) is 42.6 Å². The standard InChI is InChI=1S/C17H24N4/c1-4-21(5-2)16(15-9-7-6-8-10-15)13-18-17-11-14(3)12-19-20-17/h6-12,16H,4-5,13H2,1-3H3,(H,18,20). The van der Waals surface area contributed by atoms with Gasteiger partial charge in [0.1, 0.15) is 5.82 Å². The van der Waals surface area contributed by atoms with E-state index in [2.05, 4.69) is 64.6 Å². The largest absolute Gasteiger partial charge is 0.367 e. The van der Waals surface area contributed by atoms with E-state index in [1.807, 2.05) is 13.0 Å². The molecule has 0 bridgehead atoms. The van der Waals surface area contributed by atoms with Crippen LogP contribution in [0.4, 0.5) is 5.82 Å². The van der Waals surface area contributed by atoms with Crippen LogP contribution in [-0.4, -0.2) is 34.7 Å². The third kappa shape index (κ3) is 4.26. The maximum Gasteiger partial charge on any atom is 0.148 e. The van der Waals surface area contributed by atoms with Crippen LogP contribution in [-0.2, 0) is 0 Å². The highest BCUT2D eigenvalue weighted by Crippen LogP contribution is 2.20. The Kier molecular flexibility index (Phi) is 5.69. The third-order valence-electron chi connectivity index (χ3n) is 3.71. The zero-order valence-corrected chi connectivity index (χ0v) is 13.1. The Labute approximate surface area is 127 Å². The molecule has 0 aliphatic rings. The summed E-state index contributed by atoms with van der Waals surface area (Å²) in [5, 5.41) is 11.5. The number of hydrogen-bond acceptors (Lipinski definition) is 4. The van der Waals surface area contributed by atoms with Gasteiger partial charge in [0.05, 0.1) is 12.2 Å². The van der Waals surface area contributed by atoms with Gasteiger partial charge in [0.25, 0.3) is 0 Å². The van der Waals surface area contributed by atoms with E-state index < -0.39 is 0 Å². The maximum atomic E-state index is 4.14. The lowest BCUT2D eigenvalue weighted by Crippen LogP contribution is -2.33. The predicted molar refractivity (Wildman–Crippen MR) is 87.4 cm³/mol. The minimum absolute atomic E-state index is 0.337. The molecule has 1 atom stereocenters. The number of likely N-dealkylation sites (N-methyl/N-ethyl adjacent to an activating group) is 1. The van der Waals surface area contributed by atoms with Gasteiger partial charge in [-0.2, -0.15) is 5.10 Å². The first-order valence-corrected chi connectivity index (χ1v) is 7.56. The van der Waals surface area contributed by atoms with Gasteiger partial charge in [0.2, 0.25) is 0 Å². The number of anilines is 1. The van der Waals surface area contributed by atoms with Gasteiger partial charge in [0.15, 0.2) is 0 Å². The molecule has 0 aliphatic heterocycles. The highest BCUT2D eigenvalue weighted by atomic mass is 15.2. The smallest absolute Gasteiger partial charge is 0.148 e. The maximum absolute atomic E-state index is 4.14. The normalized spacial score (nSPS) is 12.4. The second kappa shape index (κ2) is 7.74. The quantitative estimate of drug-likeness (QED) is 0.847. The summed E-state index contributed by atoms with van der Waals surface area (Å²) in [5.74, 6) is 0.836. The van der Waals surface area contributed by atoms with E-state index in [0.717, 1.165) is 31.0 Å². The van der Waals surface area contributed by atoms with Gasteiger partial charge in [-0.1, -0.05) is 44.2 Å². The number of aryl methyl sites for hydroxylation is 1. The van der Waals surface area contributed by atoms with E-state index in [0.29, 0.717) is 6.04 Å². The summed E-state index contributed by atoms with van der Waals surface area (Å²) in [5.41, 5.74) is 2.45. The fourth-order valence-electron chi connectivity index (χ4n) is 2.55. The van der Waals surface area contributed by atoms with E-state index in [1.165, 1.54) is 5.56 Å². The van der Waals surface area contributed by atoms with Crippen LogP contribution in [0.25, 0.3) is 0 Å². The Hall–Kier alpha value is -1.94. The van der Waals surface area contributed by atoms with Crippen molar-refractivity contribution < 1.29 is 0 Å². The topological polar surface area (TPSA) is 41.0 Å². The number of benzene rings is 1. The summed E-state index contributed by atoms with van der Waals surface area (Å²) < 4.78 is 0. The fourth-order valence-corrected chi connectivity index (χ4v) is 2.55. The van der Waals surface area contributed by atoms with Gasteiger partial charge in [-0.05, 0) is 37.2 Å². The van der Waals surface area contributed by atoms with Gasteiger partial charge in [-0.15, -0.1) is 5.10 Å². The first kappa shape index (κ1) is 15.4. The zero-order chi connectivity index (χ0) is 15.1. The summed E-state index contributed by atoms with van der Waals surface area (Å²) >= 11 is 0. The molecule has 21 heavy (non-hydrogen) atoms. The van der Waals surface area contributed by atoms with Crippen LogP contribution < -0.4 is 5.32 Å². The summed E-state index contributed by atoms with van der Waals surface area (Å²) in [6.45, 7) is 9.30. The van der Waals surface area contributed by atoms with Crippen molar-refractivity contribution in [3.63, 3.8) is 0 Å². The van der Waals surface area contributed by atoms with Gasteiger partial charge in [-0.25, -0.2) is 0 Å². The van der Waals surface area contributed by atoms with E-state index in [1.54, 1.807) is 6.20 Å². The molecule has 0 spiro atoms. The van der Waals surface area contributed by atoms with Crippen molar-refractivity contribution in [3.8, 4) is 0 Å². The van der Waals surface area contributed by atoms with E-state index in [4.69, 9.17) is 0 Å². The minimum Gasteiger partial charge on any atom is -0.367 e. The Morgan fingerprint density at radius 2 is 1.86 bits per heavy atom. The Morgan fingerprint density at radius 3 is 2.48 bits per heavy atom. The number of hydrogen-bond donors (Lipinski definition) is 1. The lowest BCUT2D eigenvalue weighted by Gasteiger charge is -2.30. The van der Waals surface area contributed by atoms with Crippen LogP contribution >= 0.6 is 0 Å². The molecule has 2 aromatic rings. The molecular formula is C17H24N4. The van der Waals surface area contributed by atoms with E-state index in [-0.39, 0.29) is 0 Å². The molecule has 1 N–H and O–H groups in total. The molecule has 112 valence electrons. The van der Waals surface area contributed by atoms with Crippen molar-refractivity contribution in [2.75, 3.05) is 25.0 Å². The van der Waals surface area contributed by atoms with Crippen LogP contribution in [0.5, 0.6) is 0 Å². The van der Waals surface area contributed by atoms with Crippen molar-refractivity contribution in [2.24, 2.45) is 0 Å². The van der Waals surface area contributed by atoms with Crippen molar-refractivity contribution >= 4 is 5.82 Å². The van der Waals surface area contributed by atoms with Crippen LogP contribution in [0.1, 0.15) is 31.0 Å². The van der Waals surface area contributed by atoms with Gasteiger partial charge >= 0.3 is 0 Å². The fraction of sp³-hybridized carbons (Fsp3) is 0.412. The number of nitrogens with one attached hydrogen (secondary N) is 1. The Bertz CT molecular complexity index is 537. The lowest BCUT2D eigenvalue weighted by atomic mass is 10.1. The molecule has 1 unspecified atom stereocenters. The second-order valence-corrected chi connectivity index (χ2v) is 5.15. The van der Waals surface area contributed by atoms with Crippen LogP contribution in [0.2, 0.25) is 0 Å². The molecule has 0 radical (unpaired) electrons. The number of aromatic nitrogens is 2. The summed E-state index contributed by atoms with van der Waals surface area (Å²) in [7, 11) is 0. The zero-order valence-electron chi connectivity index (χ0n) is 13.1. The number of nitrogens with zero attached hydrogens (tertiary/aromatic N) is 3. The second-order valence-electron chi connectivity index (χ2n) is 5.15. The Morgan fingerprint density at radius 1 is 1.14 bits per heavy atom. The van der Waals surface area contributed by atoms with Gasteiger partial charge < -0.3 is 5.32 Å². The molecule has 0 saturated carbocycles. The molecule has 0 amide bonds. The van der Waals surface area contributed by atoms with Crippen molar-refractivity contribution in [1.82, 2.24) is 15.1 Å². The molecule has 4 heteroatoms. The first-order chi connectivity index (χ1) is 10.2. The number of rotatable bonds is 7. The average Bonchev–Trinajstić information content (AvgIpc) is 2.52. The van der Waals surface area contributed by atoms with Gasteiger partial charge in [-0.3, -0.25) is 4.90 Å². The minimum atomic E-state index is 0.337. The summed E-state index contributed by atoms with van der Waals surface area (Å²) in [6.07, 6.45) is 1.77. The predicted octanol–water partition coefficient (Wildman–Crippen LogP) is 3.28. The highest BCUT2D eigenvalue weighted by molar-refractivity contribution is 5.36. The van der Waals surface area contributed by atoms with Crippen molar-refractivity contribution in [2.45, 2.75) is 26.8 Å². The average molecular weight is 284 g/mol. The molecule has 2 rings (SSSR count). The molecule has 1 aromatic carbocycles. The molecule has 0 fully saturated rings. The van der Waals surface area contributed by atoms with E-state index in [9.17, 15) is 0 Å². The molecule has 1 heterocycles. The van der Waals surface area contributed by atoms with Gasteiger partial charge in [0, 0.05) is 6.54 Å². The monoisotopic (exact) mass is 284 g/mol. The molecular weight excluding hydrogens is 260 g/mol. The molecule has 0 aliphatic carbocycles.